The van der Waals surface area contributed by atoms with E-state index >= 15 is 0 Å². The summed E-state index contributed by atoms with van der Waals surface area (Å²) in [5.41, 5.74) is 1.93. The number of anilines is 1. The summed E-state index contributed by atoms with van der Waals surface area (Å²) in [6.07, 6.45) is 0. The van der Waals surface area contributed by atoms with Crippen LogP contribution in [0.15, 0.2) is 42.5 Å². The fourth-order valence-electron chi connectivity index (χ4n) is 2.73. The number of benzene rings is 2. The van der Waals surface area contributed by atoms with Gasteiger partial charge in [-0.2, -0.15) is 0 Å². The van der Waals surface area contributed by atoms with E-state index in [-0.39, 0.29) is 0 Å². The Bertz CT molecular complexity index is 655. The Morgan fingerprint density at radius 2 is 1.68 bits per heavy atom. The van der Waals surface area contributed by atoms with Crippen LogP contribution in [0.2, 0.25) is 5.02 Å². The first kappa shape index (κ1) is 15.3. The van der Waals surface area contributed by atoms with Crippen LogP contribution in [0.3, 0.4) is 0 Å². The highest BCUT2D eigenvalue weighted by Crippen LogP contribution is 2.21. The van der Waals surface area contributed by atoms with Crippen LogP contribution in [-0.2, 0) is 6.54 Å². The van der Waals surface area contributed by atoms with E-state index in [9.17, 15) is 8.78 Å². The highest BCUT2D eigenvalue weighted by atomic mass is 35.5. The second-order valence-electron chi connectivity index (χ2n) is 5.49. The minimum absolute atomic E-state index is 0.639. The van der Waals surface area contributed by atoms with Crippen molar-refractivity contribution in [1.29, 1.82) is 0 Å². The van der Waals surface area contributed by atoms with Crippen molar-refractivity contribution in [2.75, 3.05) is 31.1 Å². The minimum atomic E-state index is -0.797. The Morgan fingerprint density at radius 3 is 2.36 bits per heavy atom. The standard InChI is InChI=1S/C17H17ClF2N2/c18-14-2-1-3-15(11-14)22-8-6-21(7-9-22)12-13-4-5-16(19)17(20)10-13/h1-5,10-11H,6-9,12H2. The number of hydrogen-bond donors (Lipinski definition) is 0. The zero-order valence-corrected chi connectivity index (χ0v) is 12.9. The van der Waals surface area contributed by atoms with Crippen molar-refractivity contribution in [3.63, 3.8) is 0 Å². The molecule has 1 saturated heterocycles. The normalized spacial score (nSPS) is 16.0. The molecule has 1 aliphatic rings. The number of halogens is 3. The first-order valence-corrected chi connectivity index (χ1v) is 7.66. The van der Waals surface area contributed by atoms with Crippen LogP contribution in [-0.4, -0.2) is 31.1 Å². The fraction of sp³-hybridized carbons (Fsp3) is 0.294. The van der Waals surface area contributed by atoms with Crippen molar-refractivity contribution < 1.29 is 8.78 Å². The molecule has 1 fully saturated rings. The minimum Gasteiger partial charge on any atom is -0.369 e. The predicted octanol–water partition coefficient (Wildman–Crippen LogP) is 3.94. The molecule has 2 nitrogen and oxygen atoms in total. The Kier molecular flexibility index (Phi) is 4.60. The van der Waals surface area contributed by atoms with Gasteiger partial charge in [-0.15, -0.1) is 0 Å². The maximum atomic E-state index is 13.2. The van der Waals surface area contributed by atoms with Crippen LogP contribution in [0.1, 0.15) is 5.56 Å². The second-order valence-corrected chi connectivity index (χ2v) is 5.93. The molecule has 0 atom stereocenters. The zero-order chi connectivity index (χ0) is 15.5. The van der Waals surface area contributed by atoms with Gasteiger partial charge in [-0.05, 0) is 35.9 Å². The average molecular weight is 323 g/mol. The van der Waals surface area contributed by atoms with E-state index < -0.39 is 11.6 Å². The third kappa shape index (κ3) is 3.57. The molecule has 0 bridgehead atoms. The van der Waals surface area contributed by atoms with Crippen LogP contribution in [0.25, 0.3) is 0 Å². The molecule has 116 valence electrons. The average Bonchev–Trinajstić information content (AvgIpc) is 2.52. The molecule has 0 saturated carbocycles. The lowest BCUT2D eigenvalue weighted by Crippen LogP contribution is -2.45. The summed E-state index contributed by atoms with van der Waals surface area (Å²) >= 11 is 6.02. The van der Waals surface area contributed by atoms with Gasteiger partial charge in [0.2, 0.25) is 0 Å². The van der Waals surface area contributed by atoms with Gasteiger partial charge in [-0.1, -0.05) is 23.7 Å². The molecule has 2 aromatic rings. The molecule has 5 heteroatoms. The van der Waals surface area contributed by atoms with Crippen molar-refractivity contribution in [3.05, 3.63) is 64.7 Å². The summed E-state index contributed by atoms with van der Waals surface area (Å²) in [4.78, 5) is 4.53. The number of hydrogen-bond acceptors (Lipinski definition) is 2. The molecular formula is C17H17ClF2N2. The van der Waals surface area contributed by atoms with Gasteiger partial charge >= 0.3 is 0 Å². The highest BCUT2D eigenvalue weighted by Gasteiger charge is 2.17. The van der Waals surface area contributed by atoms with Gasteiger partial charge in [-0.25, -0.2) is 8.78 Å². The van der Waals surface area contributed by atoms with E-state index in [4.69, 9.17) is 11.6 Å². The zero-order valence-electron chi connectivity index (χ0n) is 12.1. The SMILES string of the molecule is Fc1ccc(CN2CCN(c3cccc(Cl)c3)CC2)cc1F. The van der Waals surface area contributed by atoms with Gasteiger partial charge in [0.05, 0.1) is 0 Å². The quantitative estimate of drug-likeness (QED) is 0.844. The Hall–Kier alpha value is -1.65. The summed E-state index contributed by atoms with van der Waals surface area (Å²) in [6, 6.07) is 11.9. The van der Waals surface area contributed by atoms with Crippen LogP contribution >= 0.6 is 11.6 Å². The largest absolute Gasteiger partial charge is 0.369 e. The molecule has 0 aliphatic carbocycles. The smallest absolute Gasteiger partial charge is 0.159 e. The molecule has 0 unspecified atom stereocenters. The summed E-state index contributed by atoms with van der Waals surface area (Å²) in [5, 5.41) is 0.738. The number of rotatable bonds is 3. The van der Waals surface area contributed by atoms with E-state index in [2.05, 4.69) is 15.9 Å². The third-order valence-electron chi connectivity index (χ3n) is 3.94. The molecule has 0 aromatic heterocycles. The van der Waals surface area contributed by atoms with E-state index in [1.165, 1.54) is 12.1 Å². The van der Waals surface area contributed by atoms with Gasteiger partial charge in [-0.3, -0.25) is 4.90 Å². The highest BCUT2D eigenvalue weighted by molar-refractivity contribution is 6.30. The monoisotopic (exact) mass is 322 g/mol. The predicted molar refractivity (Wildman–Crippen MR) is 85.3 cm³/mol. The molecule has 22 heavy (non-hydrogen) atoms. The molecule has 0 spiro atoms. The number of nitrogens with zero attached hydrogens (tertiary/aromatic N) is 2. The van der Waals surface area contributed by atoms with Gasteiger partial charge in [0.25, 0.3) is 0 Å². The molecule has 1 heterocycles. The summed E-state index contributed by atoms with van der Waals surface area (Å²) in [6.45, 7) is 4.19. The maximum absolute atomic E-state index is 13.2. The number of piperazine rings is 1. The lowest BCUT2D eigenvalue weighted by atomic mass is 10.1. The molecular weight excluding hydrogens is 306 g/mol. The van der Waals surface area contributed by atoms with E-state index in [1.807, 2.05) is 18.2 Å². The third-order valence-corrected chi connectivity index (χ3v) is 4.17. The van der Waals surface area contributed by atoms with Crippen molar-refractivity contribution in [3.8, 4) is 0 Å². The first-order chi connectivity index (χ1) is 10.6. The molecule has 0 radical (unpaired) electrons. The van der Waals surface area contributed by atoms with Crippen molar-refractivity contribution in [2.45, 2.75) is 6.54 Å². The second kappa shape index (κ2) is 6.63. The lowest BCUT2D eigenvalue weighted by Gasteiger charge is -2.36. The van der Waals surface area contributed by atoms with E-state index in [0.717, 1.165) is 42.5 Å². The van der Waals surface area contributed by atoms with Crippen molar-refractivity contribution in [2.24, 2.45) is 0 Å². The van der Waals surface area contributed by atoms with Crippen molar-refractivity contribution >= 4 is 17.3 Å². The molecule has 0 amide bonds. The van der Waals surface area contributed by atoms with Crippen LogP contribution in [0.4, 0.5) is 14.5 Å². The molecule has 1 aliphatic heterocycles. The Labute approximate surface area is 133 Å². The first-order valence-electron chi connectivity index (χ1n) is 7.28. The topological polar surface area (TPSA) is 6.48 Å². The summed E-state index contributed by atoms with van der Waals surface area (Å²) in [7, 11) is 0. The Balaban J connectivity index is 1.58. The molecule has 0 N–H and O–H groups in total. The van der Waals surface area contributed by atoms with Gasteiger partial charge in [0.15, 0.2) is 11.6 Å². The van der Waals surface area contributed by atoms with Crippen LogP contribution in [0.5, 0.6) is 0 Å². The van der Waals surface area contributed by atoms with Crippen LogP contribution < -0.4 is 4.90 Å². The van der Waals surface area contributed by atoms with Crippen molar-refractivity contribution in [1.82, 2.24) is 4.90 Å². The summed E-state index contributed by atoms with van der Waals surface area (Å²) < 4.78 is 26.2. The van der Waals surface area contributed by atoms with E-state index in [1.54, 1.807) is 6.07 Å². The fourth-order valence-corrected chi connectivity index (χ4v) is 2.92. The molecule has 3 rings (SSSR count). The van der Waals surface area contributed by atoms with Gasteiger partial charge in [0.1, 0.15) is 0 Å². The van der Waals surface area contributed by atoms with Gasteiger partial charge < -0.3 is 4.90 Å². The van der Waals surface area contributed by atoms with E-state index in [0.29, 0.717) is 6.54 Å². The van der Waals surface area contributed by atoms with Gasteiger partial charge in [0, 0.05) is 43.4 Å². The maximum Gasteiger partial charge on any atom is 0.159 e. The van der Waals surface area contributed by atoms with Crippen LogP contribution in [0, 0.1) is 11.6 Å². The lowest BCUT2D eigenvalue weighted by molar-refractivity contribution is 0.249. The summed E-state index contributed by atoms with van der Waals surface area (Å²) in [5.74, 6) is -1.58. The Morgan fingerprint density at radius 1 is 0.909 bits per heavy atom. The molecule has 2 aromatic carbocycles.